The van der Waals surface area contributed by atoms with Gasteiger partial charge in [-0.25, -0.2) is 0 Å². The summed E-state index contributed by atoms with van der Waals surface area (Å²) in [6, 6.07) is 2.53. The van der Waals surface area contributed by atoms with Gasteiger partial charge >= 0.3 is 6.01 Å². The van der Waals surface area contributed by atoms with Crippen molar-refractivity contribution in [3.8, 4) is 11.9 Å². The van der Waals surface area contributed by atoms with E-state index >= 15 is 0 Å². The van der Waals surface area contributed by atoms with Crippen LogP contribution >= 0.6 is 0 Å². The molecule has 6 nitrogen and oxygen atoms in total. The number of aromatic nitrogens is 2. The summed E-state index contributed by atoms with van der Waals surface area (Å²) in [4.78, 5) is 8.34. The first-order chi connectivity index (χ1) is 8.80. The lowest BCUT2D eigenvalue weighted by molar-refractivity contribution is 0.0246. The van der Waals surface area contributed by atoms with Gasteiger partial charge in [0.05, 0.1) is 20.3 Å². The summed E-state index contributed by atoms with van der Waals surface area (Å²) in [7, 11) is 3.12. The van der Waals surface area contributed by atoms with Crippen molar-refractivity contribution in [3.63, 3.8) is 0 Å². The van der Waals surface area contributed by atoms with Crippen molar-refractivity contribution in [1.82, 2.24) is 9.97 Å². The van der Waals surface area contributed by atoms with Gasteiger partial charge in [0, 0.05) is 24.6 Å². The third kappa shape index (κ3) is 1.96. The van der Waals surface area contributed by atoms with Crippen molar-refractivity contribution in [1.29, 1.82) is 0 Å². The Bertz CT molecular complexity index is 418. The Morgan fingerprint density at radius 1 is 1.33 bits per heavy atom. The van der Waals surface area contributed by atoms with Crippen molar-refractivity contribution in [2.45, 2.75) is 25.0 Å². The lowest BCUT2D eigenvalue weighted by Gasteiger charge is -2.39. The highest BCUT2D eigenvalue weighted by molar-refractivity contribution is 5.41. The SMILES string of the molecule is COc1cc(N[C@@H]2C[C@H]3OCC[C@@H]23)nc(OC)n1. The van der Waals surface area contributed by atoms with E-state index < -0.39 is 0 Å². The van der Waals surface area contributed by atoms with Gasteiger partial charge in [-0.1, -0.05) is 0 Å². The monoisotopic (exact) mass is 251 g/mol. The minimum absolute atomic E-state index is 0.315. The van der Waals surface area contributed by atoms with Gasteiger partial charge in [0.25, 0.3) is 0 Å². The first kappa shape index (κ1) is 11.5. The summed E-state index contributed by atoms with van der Waals surface area (Å²) in [6.07, 6.45) is 2.61. The van der Waals surface area contributed by atoms with Crippen LogP contribution in [0, 0.1) is 5.92 Å². The molecule has 0 spiro atoms. The molecule has 1 aromatic heterocycles. The van der Waals surface area contributed by atoms with E-state index in [0.29, 0.717) is 30.0 Å². The zero-order chi connectivity index (χ0) is 12.5. The highest BCUT2D eigenvalue weighted by Crippen LogP contribution is 2.40. The van der Waals surface area contributed by atoms with Crippen LogP contribution in [0.15, 0.2) is 6.07 Å². The molecule has 1 aliphatic carbocycles. The number of methoxy groups -OCH3 is 2. The number of nitrogens with zero attached hydrogens (tertiary/aromatic N) is 2. The molecule has 0 bridgehead atoms. The van der Waals surface area contributed by atoms with Gasteiger partial charge in [0.2, 0.25) is 5.88 Å². The molecule has 2 fully saturated rings. The van der Waals surface area contributed by atoms with Crippen LogP contribution in [0.2, 0.25) is 0 Å². The maximum absolute atomic E-state index is 5.59. The Kier molecular flexibility index (Phi) is 2.95. The predicted octanol–water partition coefficient (Wildman–Crippen LogP) is 1.08. The molecule has 1 saturated heterocycles. The van der Waals surface area contributed by atoms with Crippen LogP contribution in [-0.4, -0.2) is 42.9 Å². The van der Waals surface area contributed by atoms with Crippen LogP contribution in [-0.2, 0) is 4.74 Å². The van der Waals surface area contributed by atoms with Crippen LogP contribution in [0.3, 0.4) is 0 Å². The minimum Gasteiger partial charge on any atom is -0.481 e. The fourth-order valence-electron chi connectivity index (χ4n) is 2.63. The molecule has 3 atom stereocenters. The number of nitrogens with one attached hydrogen (secondary N) is 1. The van der Waals surface area contributed by atoms with Crippen LogP contribution < -0.4 is 14.8 Å². The Morgan fingerprint density at radius 2 is 2.22 bits per heavy atom. The molecule has 0 amide bonds. The lowest BCUT2D eigenvalue weighted by atomic mass is 9.76. The van der Waals surface area contributed by atoms with Crippen LogP contribution in [0.5, 0.6) is 11.9 Å². The average molecular weight is 251 g/mol. The van der Waals surface area contributed by atoms with E-state index in [4.69, 9.17) is 14.2 Å². The molecular weight excluding hydrogens is 234 g/mol. The van der Waals surface area contributed by atoms with Crippen molar-refractivity contribution >= 4 is 5.82 Å². The van der Waals surface area contributed by atoms with Crippen molar-refractivity contribution < 1.29 is 14.2 Å². The molecule has 0 unspecified atom stereocenters. The number of hydrogen-bond donors (Lipinski definition) is 1. The summed E-state index contributed by atoms with van der Waals surface area (Å²) < 4.78 is 15.8. The molecule has 0 radical (unpaired) electrons. The standard InChI is InChI=1S/C12H17N3O3/c1-16-11-6-10(14-12(15-11)17-2)13-8-5-9-7(8)3-4-18-9/h6-9H,3-5H2,1-2H3,(H,13,14,15)/t7-,8+,9+/m0/s1. The second-order valence-electron chi connectivity index (χ2n) is 4.63. The van der Waals surface area contributed by atoms with E-state index in [0.717, 1.165) is 25.3 Å². The molecular formula is C12H17N3O3. The number of hydrogen-bond acceptors (Lipinski definition) is 6. The number of rotatable bonds is 4. The summed E-state index contributed by atoms with van der Waals surface area (Å²) in [5, 5.41) is 3.41. The average Bonchev–Trinajstić information content (AvgIpc) is 2.77. The van der Waals surface area contributed by atoms with Gasteiger partial charge in [0.15, 0.2) is 0 Å². The molecule has 1 aromatic rings. The highest BCUT2D eigenvalue weighted by atomic mass is 16.5. The quantitative estimate of drug-likeness (QED) is 0.864. The highest BCUT2D eigenvalue weighted by Gasteiger charge is 2.45. The summed E-state index contributed by atoms with van der Waals surface area (Å²) in [5.74, 6) is 1.86. The van der Waals surface area contributed by atoms with E-state index in [1.807, 2.05) is 0 Å². The smallest absolute Gasteiger partial charge is 0.321 e. The normalized spacial score (nSPS) is 29.3. The fourth-order valence-corrected chi connectivity index (χ4v) is 2.63. The summed E-state index contributed by atoms with van der Waals surface area (Å²) >= 11 is 0. The van der Waals surface area contributed by atoms with Gasteiger partial charge in [0.1, 0.15) is 5.82 Å². The van der Waals surface area contributed by atoms with Crippen LogP contribution in [0.25, 0.3) is 0 Å². The van der Waals surface area contributed by atoms with E-state index in [-0.39, 0.29) is 0 Å². The van der Waals surface area contributed by atoms with Gasteiger partial charge in [-0.3, -0.25) is 0 Å². The molecule has 2 aliphatic rings. The second-order valence-corrected chi connectivity index (χ2v) is 4.63. The van der Waals surface area contributed by atoms with Crippen molar-refractivity contribution in [2.75, 3.05) is 26.1 Å². The van der Waals surface area contributed by atoms with Gasteiger partial charge < -0.3 is 19.5 Å². The van der Waals surface area contributed by atoms with Crippen LogP contribution in [0.1, 0.15) is 12.8 Å². The third-order valence-electron chi connectivity index (χ3n) is 3.67. The van der Waals surface area contributed by atoms with Gasteiger partial charge in [-0.05, 0) is 12.8 Å². The van der Waals surface area contributed by atoms with Gasteiger partial charge in [-0.2, -0.15) is 9.97 Å². The van der Waals surface area contributed by atoms with E-state index in [1.54, 1.807) is 20.3 Å². The first-order valence-corrected chi connectivity index (χ1v) is 6.15. The molecule has 6 heteroatoms. The van der Waals surface area contributed by atoms with Crippen LogP contribution in [0.4, 0.5) is 5.82 Å². The molecule has 1 saturated carbocycles. The maximum Gasteiger partial charge on any atom is 0.321 e. The molecule has 3 rings (SSSR count). The molecule has 1 aliphatic heterocycles. The predicted molar refractivity (Wildman–Crippen MR) is 65.0 cm³/mol. The topological polar surface area (TPSA) is 65.5 Å². The number of ether oxygens (including phenoxy) is 3. The summed E-state index contributed by atoms with van der Waals surface area (Å²) in [5.41, 5.74) is 0. The Labute approximate surface area is 106 Å². The zero-order valence-electron chi connectivity index (χ0n) is 10.5. The first-order valence-electron chi connectivity index (χ1n) is 6.15. The molecule has 0 aromatic carbocycles. The zero-order valence-corrected chi connectivity index (χ0v) is 10.5. The summed E-state index contributed by atoms with van der Waals surface area (Å²) in [6.45, 7) is 0.879. The van der Waals surface area contributed by atoms with E-state index in [2.05, 4.69) is 15.3 Å². The largest absolute Gasteiger partial charge is 0.481 e. The van der Waals surface area contributed by atoms with E-state index in [9.17, 15) is 0 Å². The van der Waals surface area contributed by atoms with E-state index in [1.165, 1.54) is 0 Å². The number of fused-ring (bicyclic) bond motifs is 1. The Morgan fingerprint density at radius 3 is 2.94 bits per heavy atom. The fraction of sp³-hybridized carbons (Fsp3) is 0.667. The minimum atomic E-state index is 0.315. The lowest BCUT2D eigenvalue weighted by Crippen LogP contribution is -2.47. The molecule has 1 N–H and O–H groups in total. The third-order valence-corrected chi connectivity index (χ3v) is 3.67. The van der Waals surface area contributed by atoms with Crippen molar-refractivity contribution in [2.24, 2.45) is 5.92 Å². The molecule has 2 heterocycles. The molecule has 18 heavy (non-hydrogen) atoms. The maximum atomic E-state index is 5.59. The van der Waals surface area contributed by atoms with Crippen molar-refractivity contribution in [3.05, 3.63) is 6.07 Å². The molecule has 98 valence electrons. The second kappa shape index (κ2) is 4.61. The Hall–Kier alpha value is -1.56. The van der Waals surface area contributed by atoms with Gasteiger partial charge in [-0.15, -0.1) is 0 Å². The number of anilines is 1. The Balaban J connectivity index is 1.72.